The van der Waals surface area contributed by atoms with Gasteiger partial charge in [0.25, 0.3) is 5.78 Å². The molecule has 1 aliphatic heterocycles. The molecular weight excluding hydrogens is 524 g/mol. The van der Waals surface area contributed by atoms with Crippen molar-refractivity contribution in [2.24, 2.45) is 0 Å². The molecule has 1 atom stereocenters. The average molecular weight is 553 g/mol. The summed E-state index contributed by atoms with van der Waals surface area (Å²) in [6, 6.07) is 8.85. The summed E-state index contributed by atoms with van der Waals surface area (Å²) in [5, 5.41) is 11.6. The molecule has 1 amide bonds. The van der Waals surface area contributed by atoms with Gasteiger partial charge in [-0.2, -0.15) is 0 Å². The van der Waals surface area contributed by atoms with Crippen molar-refractivity contribution >= 4 is 39.9 Å². The molecule has 0 unspecified atom stereocenters. The second-order valence-corrected chi connectivity index (χ2v) is 9.57. The van der Waals surface area contributed by atoms with E-state index in [0.29, 0.717) is 39.6 Å². The molecule has 1 fully saturated rings. The number of rotatable bonds is 8. The van der Waals surface area contributed by atoms with Gasteiger partial charge in [0.2, 0.25) is 0 Å². The lowest BCUT2D eigenvalue weighted by Gasteiger charge is -2.24. The van der Waals surface area contributed by atoms with Gasteiger partial charge in [0.05, 0.1) is 45.2 Å². The Labute approximate surface area is 229 Å². The molecule has 10 nitrogen and oxygen atoms in total. The highest BCUT2D eigenvalue weighted by Crippen LogP contribution is 2.46. The van der Waals surface area contributed by atoms with Gasteiger partial charge in [-0.3, -0.25) is 14.5 Å². The van der Waals surface area contributed by atoms with Crippen molar-refractivity contribution < 1.29 is 38.4 Å². The van der Waals surface area contributed by atoms with Gasteiger partial charge in [0.1, 0.15) is 16.4 Å². The van der Waals surface area contributed by atoms with Crippen LogP contribution in [-0.4, -0.2) is 55.7 Å². The van der Waals surface area contributed by atoms with Crippen LogP contribution in [-0.2, 0) is 14.3 Å². The van der Waals surface area contributed by atoms with Crippen LogP contribution in [0.1, 0.15) is 45.0 Å². The van der Waals surface area contributed by atoms with Crippen molar-refractivity contribution in [2.75, 3.05) is 32.8 Å². The van der Waals surface area contributed by atoms with E-state index in [0.717, 1.165) is 11.3 Å². The maximum Gasteiger partial charge on any atom is 0.350 e. The molecule has 39 heavy (non-hydrogen) atoms. The lowest BCUT2D eigenvalue weighted by atomic mass is 9.93. The van der Waals surface area contributed by atoms with Gasteiger partial charge < -0.3 is 24.1 Å². The fourth-order valence-electron chi connectivity index (χ4n) is 4.41. The van der Waals surface area contributed by atoms with Crippen LogP contribution in [0.15, 0.2) is 42.0 Å². The van der Waals surface area contributed by atoms with Gasteiger partial charge >= 0.3 is 11.9 Å². The minimum Gasteiger partial charge on any atom is -0.507 e. The van der Waals surface area contributed by atoms with Gasteiger partial charge in [-0.25, -0.2) is 9.78 Å². The minimum atomic E-state index is -1.08. The van der Waals surface area contributed by atoms with Crippen molar-refractivity contribution in [3.05, 3.63) is 69.2 Å². The number of hydrogen-bond donors (Lipinski definition) is 1. The number of nitrogens with zero attached hydrogens (tertiary/aromatic N) is 2. The highest BCUT2D eigenvalue weighted by atomic mass is 32.1. The van der Waals surface area contributed by atoms with Crippen molar-refractivity contribution in [1.29, 1.82) is 0 Å². The summed E-state index contributed by atoms with van der Waals surface area (Å²) >= 11 is 0.935. The first-order valence-electron chi connectivity index (χ1n) is 12.0. The SMILES string of the molecule is CCOC(=O)c1sc(N2C(=O)C(=O)C(=C(O)c3ccc(OC)cc3C)[C@H]2c2ccc(OC)c(OC)c2)nc1C. The number of esters is 1. The average Bonchev–Trinajstić information content (AvgIpc) is 3.44. The zero-order chi connectivity index (χ0) is 28.4. The molecule has 1 aliphatic rings. The van der Waals surface area contributed by atoms with E-state index in [9.17, 15) is 19.5 Å². The van der Waals surface area contributed by atoms with E-state index in [4.69, 9.17) is 18.9 Å². The Kier molecular flexibility index (Phi) is 7.91. The number of aliphatic hydroxyl groups excluding tert-OH is 1. The van der Waals surface area contributed by atoms with Crippen molar-refractivity contribution in [1.82, 2.24) is 4.98 Å². The summed E-state index contributed by atoms with van der Waals surface area (Å²) in [5.74, 6) is -1.34. The highest BCUT2D eigenvalue weighted by molar-refractivity contribution is 7.17. The maximum atomic E-state index is 13.5. The zero-order valence-corrected chi connectivity index (χ0v) is 23.2. The molecule has 0 bridgehead atoms. The second-order valence-electron chi connectivity index (χ2n) is 8.60. The molecule has 0 spiro atoms. The van der Waals surface area contributed by atoms with Gasteiger partial charge in [-0.15, -0.1) is 0 Å². The number of anilines is 1. The molecule has 2 aromatic carbocycles. The molecule has 204 valence electrons. The maximum absolute atomic E-state index is 13.5. The third-order valence-electron chi connectivity index (χ3n) is 6.31. The molecule has 1 aromatic heterocycles. The lowest BCUT2D eigenvalue weighted by Crippen LogP contribution is -2.29. The largest absolute Gasteiger partial charge is 0.507 e. The van der Waals surface area contributed by atoms with Crippen molar-refractivity contribution in [2.45, 2.75) is 26.8 Å². The normalized spacial score (nSPS) is 16.4. The topological polar surface area (TPSA) is 124 Å². The van der Waals surface area contributed by atoms with Crippen LogP contribution in [0.3, 0.4) is 0 Å². The predicted molar refractivity (Wildman–Crippen MR) is 145 cm³/mol. The minimum absolute atomic E-state index is 0.114. The van der Waals surface area contributed by atoms with E-state index < -0.39 is 23.7 Å². The number of ketones is 1. The Morgan fingerprint density at radius 2 is 1.74 bits per heavy atom. The van der Waals surface area contributed by atoms with E-state index in [1.54, 1.807) is 57.2 Å². The number of Topliss-reactive ketones (excluding diaryl/α,β-unsaturated/α-hetero) is 1. The first kappa shape index (κ1) is 27.6. The monoisotopic (exact) mass is 552 g/mol. The Hall–Kier alpha value is -4.38. The molecule has 1 N–H and O–H groups in total. The van der Waals surface area contributed by atoms with Crippen LogP contribution in [0, 0.1) is 13.8 Å². The third-order valence-corrected chi connectivity index (χ3v) is 7.45. The van der Waals surface area contributed by atoms with E-state index in [1.165, 1.54) is 26.2 Å². The zero-order valence-electron chi connectivity index (χ0n) is 22.4. The molecule has 1 saturated heterocycles. The van der Waals surface area contributed by atoms with Crippen LogP contribution in [0.25, 0.3) is 5.76 Å². The summed E-state index contributed by atoms with van der Waals surface area (Å²) in [5.41, 5.74) is 1.68. The smallest absolute Gasteiger partial charge is 0.350 e. The Morgan fingerprint density at radius 3 is 2.36 bits per heavy atom. The molecule has 3 aromatic rings. The number of carbonyl (C=O) groups is 3. The Balaban J connectivity index is 1.96. The second kappa shape index (κ2) is 11.2. The number of aliphatic hydroxyl groups is 1. The number of amides is 1. The van der Waals surface area contributed by atoms with E-state index in [1.807, 2.05) is 0 Å². The van der Waals surface area contributed by atoms with Crippen LogP contribution < -0.4 is 19.1 Å². The summed E-state index contributed by atoms with van der Waals surface area (Å²) in [4.78, 5) is 45.4. The number of thiazole rings is 1. The lowest BCUT2D eigenvalue weighted by molar-refractivity contribution is -0.132. The first-order valence-corrected chi connectivity index (χ1v) is 12.8. The van der Waals surface area contributed by atoms with Crippen LogP contribution >= 0.6 is 11.3 Å². The number of benzene rings is 2. The van der Waals surface area contributed by atoms with E-state index in [2.05, 4.69) is 4.98 Å². The van der Waals surface area contributed by atoms with Gasteiger partial charge in [0, 0.05) is 5.56 Å². The van der Waals surface area contributed by atoms with E-state index in [-0.39, 0.29) is 27.9 Å². The molecule has 4 rings (SSSR count). The number of aryl methyl sites for hydroxylation is 2. The van der Waals surface area contributed by atoms with Gasteiger partial charge in [-0.05, 0) is 62.2 Å². The molecule has 0 aliphatic carbocycles. The molecule has 0 saturated carbocycles. The fourth-order valence-corrected chi connectivity index (χ4v) is 5.40. The van der Waals surface area contributed by atoms with Crippen LogP contribution in [0.4, 0.5) is 5.13 Å². The number of carbonyl (C=O) groups excluding carboxylic acids is 3. The fraction of sp³-hybridized carbons (Fsp3) is 0.286. The Bertz CT molecular complexity index is 1490. The quantitative estimate of drug-likeness (QED) is 0.185. The standard InChI is InChI=1S/C28H28N2O8S/c1-7-38-27(34)25-15(3)29-28(39-25)30-22(16-8-11-19(36-5)20(13-16)37-6)21(24(32)26(30)33)23(31)18-10-9-17(35-4)12-14(18)2/h8-13,22,31H,7H2,1-6H3/t22-/m1/s1. The number of methoxy groups -OCH3 is 3. The van der Waals surface area contributed by atoms with E-state index >= 15 is 0 Å². The van der Waals surface area contributed by atoms with Crippen LogP contribution in [0.2, 0.25) is 0 Å². The number of hydrogen-bond acceptors (Lipinski definition) is 10. The summed E-state index contributed by atoms with van der Waals surface area (Å²) < 4.78 is 21.2. The Morgan fingerprint density at radius 1 is 1.03 bits per heavy atom. The van der Waals surface area contributed by atoms with Gasteiger partial charge in [-0.1, -0.05) is 17.4 Å². The molecule has 0 radical (unpaired) electrons. The predicted octanol–water partition coefficient (Wildman–Crippen LogP) is 4.59. The number of aromatic nitrogens is 1. The molecule has 2 heterocycles. The van der Waals surface area contributed by atoms with Gasteiger partial charge in [0.15, 0.2) is 16.6 Å². The van der Waals surface area contributed by atoms with Crippen LogP contribution in [0.5, 0.6) is 17.2 Å². The molecular formula is C28H28N2O8S. The molecule has 11 heteroatoms. The first-order chi connectivity index (χ1) is 18.7. The van der Waals surface area contributed by atoms with Crippen molar-refractivity contribution in [3.8, 4) is 17.2 Å². The number of ether oxygens (including phenoxy) is 4. The summed E-state index contributed by atoms with van der Waals surface area (Å²) in [6.45, 7) is 5.23. The summed E-state index contributed by atoms with van der Waals surface area (Å²) in [6.07, 6.45) is 0. The third kappa shape index (κ3) is 4.92. The summed E-state index contributed by atoms with van der Waals surface area (Å²) in [7, 11) is 4.48. The highest BCUT2D eigenvalue weighted by Gasteiger charge is 2.48. The van der Waals surface area contributed by atoms with Crippen molar-refractivity contribution in [3.63, 3.8) is 0 Å².